The summed E-state index contributed by atoms with van der Waals surface area (Å²) in [6.45, 7) is 0. The van der Waals surface area contributed by atoms with E-state index in [1.807, 2.05) is 0 Å². The van der Waals surface area contributed by atoms with Crippen molar-refractivity contribution in [2.45, 2.75) is 30.8 Å². The van der Waals surface area contributed by atoms with Crippen LogP contribution >= 0.6 is 23.2 Å². The van der Waals surface area contributed by atoms with Gasteiger partial charge in [-0.2, -0.15) is 0 Å². The number of ketones is 1. The second-order valence-electron chi connectivity index (χ2n) is 9.05. The normalized spacial score (nSPS) is 18.4. The molecule has 1 aliphatic rings. The van der Waals surface area contributed by atoms with E-state index in [0.717, 1.165) is 0 Å². The molecule has 3 aromatic rings. The van der Waals surface area contributed by atoms with Gasteiger partial charge in [0.05, 0.1) is 31.0 Å². The van der Waals surface area contributed by atoms with E-state index in [1.54, 1.807) is 36.4 Å². The van der Waals surface area contributed by atoms with Gasteiger partial charge in [0.2, 0.25) is 5.91 Å². The number of nitrogens with one attached hydrogen (secondary N) is 2. The van der Waals surface area contributed by atoms with Gasteiger partial charge in [0.25, 0.3) is 0 Å². The second kappa shape index (κ2) is 12.0. The molecule has 1 heterocycles. The third kappa shape index (κ3) is 6.00. The molecular formula is C28H26Cl2FN3O5. The maximum absolute atomic E-state index is 15.0. The lowest BCUT2D eigenvalue weighted by molar-refractivity contribution is -0.118. The smallest absolute Gasteiger partial charge is 0.341 e. The van der Waals surface area contributed by atoms with Crippen molar-refractivity contribution in [3.05, 3.63) is 87.2 Å². The molecule has 0 bridgehead atoms. The predicted octanol–water partition coefficient (Wildman–Crippen LogP) is 5.24. The van der Waals surface area contributed by atoms with Gasteiger partial charge in [-0.25, -0.2) is 9.18 Å². The summed E-state index contributed by atoms with van der Waals surface area (Å²) in [6.07, 6.45) is 0.221. The number of esters is 1. The molecule has 3 atom stereocenters. The Hall–Kier alpha value is -3.66. The summed E-state index contributed by atoms with van der Waals surface area (Å²) in [5.41, 5.74) is 7.15. The first-order valence-corrected chi connectivity index (χ1v) is 12.7. The summed E-state index contributed by atoms with van der Waals surface area (Å²) in [6, 6.07) is 12.7. The summed E-state index contributed by atoms with van der Waals surface area (Å²) >= 11 is 12.1. The summed E-state index contributed by atoms with van der Waals surface area (Å²) in [7, 11) is 2.55. The summed E-state index contributed by atoms with van der Waals surface area (Å²) < 4.78 is 25.1. The zero-order valence-electron chi connectivity index (χ0n) is 21.1. The van der Waals surface area contributed by atoms with E-state index >= 15 is 4.39 Å². The van der Waals surface area contributed by atoms with Crippen molar-refractivity contribution < 1.29 is 28.2 Å². The summed E-state index contributed by atoms with van der Waals surface area (Å²) in [4.78, 5) is 38.7. The highest BCUT2D eigenvalue weighted by molar-refractivity contribution is 6.31. The number of benzene rings is 3. The zero-order valence-corrected chi connectivity index (χ0v) is 22.6. The molecule has 11 heteroatoms. The summed E-state index contributed by atoms with van der Waals surface area (Å²) in [5, 5.41) is 6.37. The van der Waals surface area contributed by atoms with Crippen LogP contribution in [0.1, 0.15) is 45.0 Å². The van der Waals surface area contributed by atoms with Crippen molar-refractivity contribution in [3.63, 3.8) is 0 Å². The van der Waals surface area contributed by atoms with Crippen LogP contribution in [-0.2, 0) is 9.53 Å². The van der Waals surface area contributed by atoms with E-state index in [-0.39, 0.29) is 51.8 Å². The fourth-order valence-corrected chi connectivity index (χ4v) is 5.22. The second-order valence-corrected chi connectivity index (χ2v) is 9.90. The average Bonchev–Trinajstić information content (AvgIpc) is 3.33. The van der Waals surface area contributed by atoms with Gasteiger partial charge in [0.1, 0.15) is 11.4 Å². The molecule has 0 radical (unpaired) electrons. The van der Waals surface area contributed by atoms with Crippen LogP contribution in [0.25, 0.3) is 0 Å². The molecule has 0 spiro atoms. The zero-order chi connectivity index (χ0) is 28.3. The molecule has 1 amide bonds. The molecule has 0 aliphatic carbocycles. The van der Waals surface area contributed by atoms with Crippen LogP contribution in [0.15, 0.2) is 54.6 Å². The molecule has 0 aromatic heterocycles. The topological polar surface area (TPSA) is 120 Å². The lowest BCUT2D eigenvalue weighted by atomic mass is 9.88. The van der Waals surface area contributed by atoms with Gasteiger partial charge in [0, 0.05) is 34.7 Å². The first kappa shape index (κ1) is 28.4. The number of rotatable bonds is 8. The first-order valence-electron chi connectivity index (χ1n) is 12.0. The van der Waals surface area contributed by atoms with E-state index < -0.39 is 35.7 Å². The van der Waals surface area contributed by atoms with E-state index in [0.29, 0.717) is 10.7 Å². The van der Waals surface area contributed by atoms with Gasteiger partial charge < -0.3 is 25.8 Å². The number of amides is 1. The first-order chi connectivity index (χ1) is 18.6. The molecule has 0 saturated carbocycles. The van der Waals surface area contributed by atoms with Crippen LogP contribution in [0.3, 0.4) is 0 Å². The largest absolute Gasteiger partial charge is 0.494 e. The van der Waals surface area contributed by atoms with Crippen LogP contribution in [-0.4, -0.2) is 44.0 Å². The number of anilines is 2. The highest BCUT2D eigenvalue weighted by Crippen LogP contribution is 2.37. The Kier molecular flexibility index (Phi) is 8.74. The van der Waals surface area contributed by atoms with Gasteiger partial charge >= 0.3 is 5.97 Å². The number of nitrogens with two attached hydrogens (primary N) is 1. The average molecular weight is 574 g/mol. The Morgan fingerprint density at radius 2 is 1.79 bits per heavy atom. The predicted molar refractivity (Wildman–Crippen MR) is 147 cm³/mol. The molecule has 3 aromatic carbocycles. The van der Waals surface area contributed by atoms with Gasteiger partial charge in [-0.05, 0) is 48.4 Å². The lowest BCUT2D eigenvalue weighted by Gasteiger charge is -2.20. The highest BCUT2D eigenvalue weighted by atomic mass is 35.5. The van der Waals surface area contributed by atoms with E-state index in [2.05, 4.69) is 10.6 Å². The number of methoxy groups -OCH3 is 2. The Morgan fingerprint density at radius 3 is 2.49 bits per heavy atom. The van der Waals surface area contributed by atoms with Crippen LogP contribution in [0.4, 0.5) is 15.8 Å². The number of carbonyl (C=O) groups is 3. The van der Waals surface area contributed by atoms with Crippen LogP contribution in [0, 0.1) is 5.82 Å². The van der Waals surface area contributed by atoms with Gasteiger partial charge in [-0.3, -0.25) is 9.59 Å². The number of hydrogen-bond acceptors (Lipinski definition) is 7. The molecule has 204 valence electrons. The van der Waals surface area contributed by atoms with E-state index in [9.17, 15) is 14.4 Å². The SMILES string of the molecule is COC(=O)c1ccc(C(=O)C[C@H]2CC(c3cccc(Cl)c3F)C(C(=O)Nc3cccc(Cl)c3)N2)c(N)c1OC. The van der Waals surface area contributed by atoms with Crippen molar-refractivity contribution in [3.8, 4) is 5.75 Å². The van der Waals surface area contributed by atoms with E-state index in [4.69, 9.17) is 38.4 Å². The van der Waals surface area contributed by atoms with Crippen LogP contribution < -0.4 is 21.1 Å². The maximum Gasteiger partial charge on any atom is 0.341 e. The van der Waals surface area contributed by atoms with Crippen LogP contribution in [0.2, 0.25) is 10.0 Å². The number of nitrogen functional groups attached to an aromatic ring is 1. The molecule has 1 fully saturated rings. The number of Topliss-reactive ketones (excluding diaryl/α,β-unsaturated/α-hetero) is 1. The molecule has 39 heavy (non-hydrogen) atoms. The minimum atomic E-state index is -0.872. The number of hydrogen-bond donors (Lipinski definition) is 3. The third-order valence-corrected chi connectivity index (χ3v) is 7.18. The van der Waals surface area contributed by atoms with Gasteiger partial charge in [-0.1, -0.05) is 41.4 Å². The minimum Gasteiger partial charge on any atom is -0.494 e. The van der Waals surface area contributed by atoms with Crippen molar-refractivity contribution >= 4 is 52.2 Å². The Labute approximate surface area is 234 Å². The van der Waals surface area contributed by atoms with Crippen molar-refractivity contribution in [2.24, 2.45) is 0 Å². The maximum atomic E-state index is 15.0. The quantitative estimate of drug-likeness (QED) is 0.191. The number of halogens is 3. The fraction of sp³-hybridized carbons (Fsp3) is 0.250. The molecule has 2 unspecified atom stereocenters. The Morgan fingerprint density at radius 1 is 1.08 bits per heavy atom. The lowest BCUT2D eigenvalue weighted by Crippen LogP contribution is -2.42. The monoisotopic (exact) mass is 573 g/mol. The van der Waals surface area contributed by atoms with Crippen molar-refractivity contribution in [1.29, 1.82) is 0 Å². The molecule has 8 nitrogen and oxygen atoms in total. The van der Waals surface area contributed by atoms with E-state index in [1.165, 1.54) is 32.4 Å². The van der Waals surface area contributed by atoms with Gasteiger partial charge in [0.15, 0.2) is 11.5 Å². The Balaban J connectivity index is 1.60. The Bertz CT molecular complexity index is 1430. The molecule has 1 saturated heterocycles. The van der Waals surface area contributed by atoms with Crippen LogP contribution in [0.5, 0.6) is 5.75 Å². The highest BCUT2D eigenvalue weighted by Gasteiger charge is 2.41. The van der Waals surface area contributed by atoms with Gasteiger partial charge in [-0.15, -0.1) is 0 Å². The molecule has 4 rings (SSSR count). The minimum absolute atomic E-state index is 0.00363. The number of ether oxygens (including phenoxy) is 2. The standard InChI is InChI=1S/C28H26Cl2FN3O5/c1-38-26-19(28(37)39-2)10-9-18(24(26)32)22(35)13-16-12-20(17-7-4-8-21(30)23(17)31)25(33-16)27(36)34-15-6-3-5-14(29)11-15/h3-11,16,20,25,33H,12-13,32H2,1-2H3,(H,34,36)/t16-,20?,25?/m1/s1. The summed E-state index contributed by atoms with van der Waals surface area (Å²) in [5.74, 6) is -2.62. The molecule has 1 aliphatic heterocycles. The van der Waals surface area contributed by atoms with Crippen molar-refractivity contribution in [1.82, 2.24) is 5.32 Å². The fourth-order valence-electron chi connectivity index (χ4n) is 4.85. The van der Waals surface area contributed by atoms with Crippen molar-refractivity contribution in [2.75, 3.05) is 25.3 Å². The molecular weight excluding hydrogens is 548 g/mol. The number of carbonyl (C=O) groups excluding carboxylic acids is 3. The third-order valence-electron chi connectivity index (χ3n) is 6.65. The molecule has 4 N–H and O–H groups in total.